The molecular weight excluding hydrogens is 122 g/mol. The molecule has 2 heteroatoms. The van der Waals surface area contributed by atoms with Crippen LogP contribution in [0.3, 0.4) is 0 Å². The van der Waals surface area contributed by atoms with Gasteiger partial charge in [0.1, 0.15) is 5.17 Å². The molecule has 8 heavy (non-hydrogen) atoms. The Hall–Kier alpha value is -0.300. The summed E-state index contributed by atoms with van der Waals surface area (Å²) in [5, 5.41) is 0.579. The second-order valence-corrected chi connectivity index (χ2v) is 1.68. The zero-order valence-corrected chi connectivity index (χ0v) is 5.94. The average Bonchev–Trinajstić information content (AvgIpc) is 1.68. The van der Waals surface area contributed by atoms with E-state index in [2.05, 4.69) is 4.99 Å². The van der Waals surface area contributed by atoms with Crippen molar-refractivity contribution >= 4 is 16.8 Å². The van der Waals surface area contributed by atoms with Crippen molar-refractivity contribution in [2.75, 3.05) is 6.54 Å². The molecule has 0 aliphatic heterocycles. The third kappa shape index (κ3) is 3.88. The van der Waals surface area contributed by atoms with Gasteiger partial charge in [-0.1, -0.05) is 17.7 Å². The first-order valence-corrected chi connectivity index (χ1v) is 3.01. The van der Waals surface area contributed by atoms with Gasteiger partial charge in [0.15, 0.2) is 0 Å². The molecule has 0 fully saturated rings. The molecule has 0 rings (SSSR count). The van der Waals surface area contributed by atoms with Crippen molar-refractivity contribution in [3.05, 3.63) is 12.2 Å². The van der Waals surface area contributed by atoms with Crippen LogP contribution in [0.1, 0.15) is 13.8 Å². The smallest absolute Gasteiger partial charge is 0.123 e. The van der Waals surface area contributed by atoms with Crippen LogP contribution in [-0.2, 0) is 0 Å². The predicted octanol–water partition coefficient (Wildman–Crippen LogP) is 2.22. The molecule has 0 aromatic rings. The minimum absolute atomic E-state index is 0.579. The summed E-state index contributed by atoms with van der Waals surface area (Å²) < 4.78 is 0. The van der Waals surface area contributed by atoms with Crippen LogP contribution in [0.25, 0.3) is 0 Å². The van der Waals surface area contributed by atoms with Crippen molar-refractivity contribution < 1.29 is 0 Å². The predicted molar refractivity (Wildman–Crippen MR) is 38.6 cm³/mol. The first kappa shape index (κ1) is 7.70. The van der Waals surface area contributed by atoms with E-state index in [-0.39, 0.29) is 0 Å². The second-order valence-electron chi connectivity index (χ2n) is 1.30. The Morgan fingerprint density at radius 1 is 1.75 bits per heavy atom. The van der Waals surface area contributed by atoms with Gasteiger partial charge in [-0.05, 0) is 19.9 Å². The maximum atomic E-state index is 5.54. The molecule has 0 aliphatic carbocycles. The molecule has 0 atom stereocenters. The Bertz CT molecular complexity index is 105. The molecule has 46 valence electrons. The van der Waals surface area contributed by atoms with Crippen LogP contribution in [-0.4, -0.2) is 11.7 Å². The van der Waals surface area contributed by atoms with Crippen molar-refractivity contribution in [1.82, 2.24) is 0 Å². The quantitative estimate of drug-likeness (QED) is 0.510. The van der Waals surface area contributed by atoms with Gasteiger partial charge in [0.05, 0.1) is 0 Å². The lowest BCUT2D eigenvalue weighted by atomic mass is 10.5. The number of nitrogens with zero attached hydrogens (tertiary/aromatic N) is 1. The Morgan fingerprint density at radius 3 is 2.75 bits per heavy atom. The number of rotatable bonds is 2. The van der Waals surface area contributed by atoms with E-state index in [1.54, 1.807) is 6.08 Å². The maximum absolute atomic E-state index is 5.54. The second kappa shape index (κ2) is 4.85. The van der Waals surface area contributed by atoms with E-state index in [0.29, 0.717) is 5.17 Å². The fourth-order valence-electron chi connectivity index (χ4n) is 0.341. The lowest BCUT2D eigenvalue weighted by Crippen LogP contribution is -1.79. The van der Waals surface area contributed by atoms with Crippen molar-refractivity contribution in [3.63, 3.8) is 0 Å². The average molecular weight is 132 g/mol. The molecule has 0 saturated carbocycles. The summed E-state index contributed by atoms with van der Waals surface area (Å²) >= 11 is 5.54. The van der Waals surface area contributed by atoms with E-state index < -0.39 is 0 Å². The number of hydrogen-bond acceptors (Lipinski definition) is 1. The fourth-order valence-corrected chi connectivity index (χ4v) is 0.587. The van der Waals surface area contributed by atoms with Gasteiger partial charge >= 0.3 is 0 Å². The summed E-state index contributed by atoms with van der Waals surface area (Å²) in [6.07, 6.45) is 3.63. The van der Waals surface area contributed by atoms with E-state index in [4.69, 9.17) is 11.6 Å². The zero-order valence-electron chi connectivity index (χ0n) is 5.19. The lowest BCUT2D eigenvalue weighted by molar-refractivity contribution is 1.14. The van der Waals surface area contributed by atoms with Crippen molar-refractivity contribution in [2.45, 2.75) is 13.8 Å². The Kier molecular flexibility index (Phi) is 4.67. The van der Waals surface area contributed by atoms with Gasteiger partial charge in [-0.15, -0.1) is 0 Å². The van der Waals surface area contributed by atoms with E-state index in [1.165, 1.54) is 0 Å². The number of halogens is 1. The molecule has 1 nitrogen and oxygen atoms in total. The van der Waals surface area contributed by atoms with Crippen LogP contribution in [0.5, 0.6) is 0 Å². The van der Waals surface area contributed by atoms with Gasteiger partial charge in [0.25, 0.3) is 0 Å². The first-order chi connectivity index (χ1) is 3.81. The standard InChI is InChI=1S/C6H10ClN/c1-3-5-6(7)8-4-2/h3,5H,4H2,1-2H3. The maximum Gasteiger partial charge on any atom is 0.123 e. The molecule has 0 aromatic carbocycles. The summed E-state index contributed by atoms with van der Waals surface area (Å²) in [6.45, 7) is 4.61. The highest BCUT2D eigenvalue weighted by molar-refractivity contribution is 6.68. The summed E-state index contributed by atoms with van der Waals surface area (Å²) in [4.78, 5) is 3.91. The summed E-state index contributed by atoms with van der Waals surface area (Å²) in [5.74, 6) is 0. The highest BCUT2D eigenvalue weighted by Crippen LogP contribution is 1.87. The number of hydrogen-bond donors (Lipinski definition) is 0. The minimum atomic E-state index is 0.579. The SMILES string of the molecule is CC=CC(Cl)=NCC. The van der Waals surface area contributed by atoms with E-state index >= 15 is 0 Å². The molecule has 0 heterocycles. The van der Waals surface area contributed by atoms with Crippen LogP contribution < -0.4 is 0 Å². The van der Waals surface area contributed by atoms with Crippen molar-refractivity contribution in [1.29, 1.82) is 0 Å². The lowest BCUT2D eigenvalue weighted by Gasteiger charge is -1.82. The Labute approximate surface area is 55.1 Å². The normalized spacial score (nSPS) is 13.1. The topological polar surface area (TPSA) is 12.4 Å². The van der Waals surface area contributed by atoms with Crippen molar-refractivity contribution in [3.8, 4) is 0 Å². The van der Waals surface area contributed by atoms with E-state index in [0.717, 1.165) is 6.54 Å². The number of allylic oxidation sites excluding steroid dienone is 2. The zero-order chi connectivity index (χ0) is 6.41. The van der Waals surface area contributed by atoms with E-state index in [1.807, 2.05) is 19.9 Å². The van der Waals surface area contributed by atoms with Crippen molar-refractivity contribution in [2.24, 2.45) is 4.99 Å². The van der Waals surface area contributed by atoms with E-state index in [9.17, 15) is 0 Å². The van der Waals surface area contributed by atoms with Gasteiger partial charge < -0.3 is 0 Å². The molecule has 0 aromatic heterocycles. The van der Waals surface area contributed by atoms with Crippen LogP contribution in [0, 0.1) is 0 Å². The molecule has 0 amide bonds. The van der Waals surface area contributed by atoms with Gasteiger partial charge in [-0.3, -0.25) is 4.99 Å². The molecule has 0 unspecified atom stereocenters. The summed E-state index contributed by atoms with van der Waals surface area (Å²) in [6, 6.07) is 0. The van der Waals surface area contributed by atoms with Crippen LogP contribution in [0.15, 0.2) is 17.1 Å². The molecule has 0 spiro atoms. The third-order valence-electron chi connectivity index (χ3n) is 0.613. The van der Waals surface area contributed by atoms with Crippen LogP contribution in [0.2, 0.25) is 0 Å². The van der Waals surface area contributed by atoms with Gasteiger partial charge in [-0.2, -0.15) is 0 Å². The molecule has 0 radical (unpaired) electrons. The third-order valence-corrected chi connectivity index (χ3v) is 0.859. The molecule has 0 saturated heterocycles. The Balaban J connectivity index is 3.61. The summed E-state index contributed by atoms with van der Waals surface area (Å²) in [5.41, 5.74) is 0. The minimum Gasteiger partial charge on any atom is -0.273 e. The molecular formula is C6H10ClN. The Morgan fingerprint density at radius 2 is 2.38 bits per heavy atom. The van der Waals surface area contributed by atoms with Gasteiger partial charge in [0.2, 0.25) is 0 Å². The highest BCUT2D eigenvalue weighted by atomic mass is 35.5. The van der Waals surface area contributed by atoms with Gasteiger partial charge in [0, 0.05) is 6.54 Å². The fraction of sp³-hybridized carbons (Fsp3) is 0.500. The van der Waals surface area contributed by atoms with Gasteiger partial charge in [-0.25, -0.2) is 0 Å². The molecule has 0 aliphatic rings. The summed E-state index contributed by atoms with van der Waals surface area (Å²) in [7, 11) is 0. The largest absolute Gasteiger partial charge is 0.273 e. The van der Waals surface area contributed by atoms with Crippen LogP contribution >= 0.6 is 11.6 Å². The molecule has 0 N–H and O–H groups in total. The first-order valence-electron chi connectivity index (χ1n) is 2.64. The highest BCUT2D eigenvalue weighted by Gasteiger charge is 1.78. The monoisotopic (exact) mass is 131 g/mol. The molecule has 0 bridgehead atoms. The number of aliphatic imine (C=N–C) groups is 1. The van der Waals surface area contributed by atoms with Crippen LogP contribution in [0.4, 0.5) is 0 Å².